The van der Waals surface area contributed by atoms with E-state index in [0.29, 0.717) is 27.8 Å². The quantitative estimate of drug-likeness (QED) is 0.382. The average molecular weight is 460 g/mol. The van der Waals surface area contributed by atoms with Crippen LogP contribution in [0, 0.1) is 0 Å². The van der Waals surface area contributed by atoms with E-state index >= 15 is 0 Å². The highest BCUT2D eigenvalue weighted by molar-refractivity contribution is 7.99. The Morgan fingerprint density at radius 1 is 0.939 bits per heavy atom. The molecule has 9 heteroatoms. The lowest BCUT2D eigenvalue weighted by atomic mass is 10.1. The molecule has 2 N–H and O–H groups in total. The van der Waals surface area contributed by atoms with Crippen molar-refractivity contribution in [3.05, 3.63) is 90.8 Å². The van der Waals surface area contributed by atoms with Crippen molar-refractivity contribution in [3.8, 4) is 11.4 Å². The van der Waals surface area contributed by atoms with Crippen LogP contribution < -0.4 is 15.4 Å². The van der Waals surface area contributed by atoms with Crippen LogP contribution in [0.25, 0.3) is 5.69 Å². The van der Waals surface area contributed by atoms with Crippen LogP contribution >= 0.6 is 11.8 Å². The second-order valence-electron chi connectivity index (χ2n) is 6.88. The summed E-state index contributed by atoms with van der Waals surface area (Å²) >= 11 is 1.26. The van der Waals surface area contributed by atoms with Gasteiger partial charge in [-0.05, 0) is 48.5 Å². The fraction of sp³-hybridized carbons (Fsp3) is 0.0833. The molecule has 0 atom stereocenters. The van der Waals surface area contributed by atoms with Gasteiger partial charge < -0.3 is 15.4 Å². The Morgan fingerprint density at radius 3 is 2.42 bits per heavy atom. The normalized spacial score (nSPS) is 10.5. The van der Waals surface area contributed by atoms with E-state index in [9.17, 15) is 9.59 Å². The monoisotopic (exact) mass is 459 g/mol. The number of hydrogen-bond donors (Lipinski definition) is 2. The Balaban J connectivity index is 1.40. The number of carbonyl (C=O) groups is 2. The molecule has 4 rings (SSSR count). The molecule has 0 unspecified atom stereocenters. The molecule has 0 bridgehead atoms. The minimum absolute atomic E-state index is 0.111. The summed E-state index contributed by atoms with van der Waals surface area (Å²) in [6.45, 7) is 0. The lowest BCUT2D eigenvalue weighted by molar-refractivity contribution is -0.113. The molecule has 0 radical (unpaired) electrons. The van der Waals surface area contributed by atoms with E-state index in [1.54, 1.807) is 62.0 Å². The summed E-state index contributed by atoms with van der Waals surface area (Å²) in [6.07, 6.45) is 1.61. The Hall–Kier alpha value is -4.11. The van der Waals surface area contributed by atoms with Crippen molar-refractivity contribution < 1.29 is 14.3 Å². The summed E-state index contributed by atoms with van der Waals surface area (Å²) in [6, 6.07) is 23.5. The van der Waals surface area contributed by atoms with Gasteiger partial charge in [-0.3, -0.25) is 14.2 Å². The smallest absolute Gasteiger partial charge is 0.257 e. The number of carbonyl (C=O) groups excluding carboxylic acids is 2. The van der Waals surface area contributed by atoms with E-state index in [1.165, 1.54) is 11.8 Å². The molecule has 8 nitrogen and oxygen atoms in total. The molecular weight excluding hydrogens is 438 g/mol. The number of aromatic nitrogens is 3. The molecule has 0 spiro atoms. The first kappa shape index (κ1) is 22.1. The molecule has 0 saturated heterocycles. The van der Waals surface area contributed by atoms with Gasteiger partial charge in [-0.1, -0.05) is 42.1 Å². The molecule has 0 aliphatic rings. The number of nitrogens with zero attached hydrogens (tertiary/aromatic N) is 3. The molecule has 3 aromatic carbocycles. The Labute approximate surface area is 195 Å². The number of para-hydroxylation sites is 2. The predicted octanol–water partition coefficient (Wildman–Crippen LogP) is 4.26. The fourth-order valence-corrected chi connectivity index (χ4v) is 3.80. The highest BCUT2D eigenvalue weighted by atomic mass is 32.2. The van der Waals surface area contributed by atoms with Crippen molar-refractivity contribution in [2.75, 3.05) is 23.5 Å². The van der Waals surface area contributed by atoms with Gasteiger partial charge in [0.2, 0.25) is 5.91 Å². The van der Waals surface area contributed by atoms with Gasteiger partial charge in [0.1, 0.15) is 12.1 Å². The molecular formula is C24H21N5O3S. The van der Waals surface area contributed by atoms with Crippen LogP contribution in [0.3, 0.4) is 0 Å². The van der Waals surface area contributed by atoms with Crippen LogP contribution in [0.1, 0.15) is 10.4 Å². The first-order valence-corrected chi connectivity index (χ1v) is 11.0. The predicted molar refractivity (Wildman–Crippen MR) is 128 cm³/mol. The largest absolute Gasteiger partial charge is 0.497 e. The van der Waals surface area contributed by atoms with Gasteiger partial charge in [0.25, 0.3) is 5.91 Å². The van der Waals surface area contributed by atoms with Crippen molar-refractivity contribution in [1.29, 1.82) is 0 Å². The number of anilines is 2. The summed E-state index contributed by atoms with van der Waals surface area (Å²) in [4.78, 5) is 25.4. The van der Waals surface area contributed by atoms with Crippen LogP contribution in [0.2, 0.25) is 0 Å². The average Bonchev–Trinajstić information content (AvgIpc) is 3.33. The van der Waals surface area contributed by atoms with Crippen molar-refractivity contribution >= 4 is 35.0 Å². The third-order valence-electron chi connectivity index (χ3n) is 4.68. The Kier molecular flexibility index (Phi) is 7.01. The minimum atomic E-state index is -0.326. The van der Waals surface area contributed by atoms with Gasteiger partial charge in [0, 0.05) is 11.4 Å². The van der Waals surface area contributed by atoms with Crippen LogP contribution in [0.5, 0.6) is 5.75 Å². The van der Waals surface area contributed by atoms with Gasteiger partial charge in [-0.25, -0.2) is 0 Å². The summed E-state index contributed by atoms with van der Waals surface area (Å²) in [5.41, 5.74) is 2.32. The second kappa shape index (κ2) is 10.5. The number of amides is 2. The number of benzene rings is 3. The first-order chi connectivity index (χ1) is 16.1. The molecule has 33 heavy (non-hydrogen) atoms. The van der Waals surface area contributed by atoms with Crippen LogP contribution in [-0.2, 0) is 4.79 Å². The van der Waals surface area contributed by atoms with Gasteiger partial charge in [0.15, 0.2) is 5.16 Å². The summed E-state index contributed by atoms with van der Waals surface area (Å²) in [7, 11) is 1.58. The summed E-state index contributed by atoms with van der Waals surface area (Å²) < 4.78 is 6.95. The molecule has 2 amide bonds. The van der Waals surface area contributed by atoms with E-state index in [-0.39, 0.29) is 17.6 Å². The summed E-state index contributed by atoms with van der Waals surface area (Å²) in [5, 5.41) is 14.3. The zero-order valence-electron chi connectivity index (χ0n) is 17.8. The van der Waals surface area contributed by atoms with Crippen molar-refractivity contribution in [1.82, 2.24) is 14.8 Å². The lowest BCUT2D eigenvalue weighted by Crippen LogP contribution is -2.19. The van der Waals surface area contributed by atoms with Gasteiger partial charge in [-0.15, -0.1) is 10.2 Å². The van der Waals surface area contributed by atoms with Crippen molar-refractivity contribution in [3.63, 3.8) is 0 Å². The zero-order chi connectivity index (χ0) is 23.0. The Bertz CT molecular complexity index is 1240. The zero-order valence-corrected chi connectivity index (χ0v) is 18.6. The molecule has 0 fully saturated rings. The highest BCUT2D eigenvalue weighted by Gasteiger charge is 2.15. The van der Waals surface area contributed by atoms with E-state index in [1.807, 2.05) is 34.9 Å². The molecule has 1 heterocycles. The van der Waals surface area contributed by atoms with Gasteiger partial charge in [-0.2, -0.15) is 0 Å². The van der Waals surface area contributed by atoms with Crippen molar-refractivity contribution in [2.24, 2.45) is 0 Å². The van der Waals surface area contributed by atoms with E-state index in [0.717, 1.165) is 5.69 Å². The molecule has 1 aromatic heterocycles. The maximum Gasteiger partial charge on any atom is 0.257 e. The fourth-order valence-electron chi connectivity index (χ4n) is 3.07. The molecule has 0 aliphatic carbocycles. The molecule has 4 aromatic rings. The van der Waals surface area contributed by atoms with Crippen LogP contribution in [-0.4, -0.2) is 39.4 Å². The SMILES string of the molecule is COc1ccc(NC(=O)c2ccccc2NC(=O)CSc2nncn2-c2ccccc2)cc1. The van der Waals surface area contributed by atoms with E-state index < -0.39 is 0 Å². The van der Waals surface area contributed by atoms with E-state index in [2.05, 4.69) is 20.8 Å². The van der Waals surface area contributed by atoms with Gasteiger partial charge in [0.05, 0.1) is 24.1 Å². The molecule has 0 aliphatic heterocycles. The standard InChI is InChI=1S/C24H21N5O3S/c1-32-19-13-11-17(12-14-19)26-23(31)20-9-5-6-10-21(20)27-22(30)15-33-24-28-25-16-29(24)18-7-3-2-4-8-18/h2-14,16H,15H2,1H3,(H,26,31)(H,27,30). The number of ether oxygens (including phenoxy) is 1. The van der Waals surface area contributed by atoms with E-state index in [4.69, 9.17) is 4.74 Å². The number of methoxy groups -OCH3 is 1. The minimum Gasteiger partial charge on any atom is -0.497 e. The number of hydrogen-bond acceptors (Lipinski definition) is 6. The second-order valence-corrected chi connectivity index (χ2v) is 7.83. The topological polar surface area (TPSA) is 98.1 Å². The molecule has 166 valence electrons. The number of thioether (sulfide) groups is 1. The van der Waals surface area contributed by atoms with Gasteiger partial charge >= 0.3 is 0 Å². The maximum absolute atomic E-state index is 12.8. The Morgan fingerprint density at radius 2 is 1.67 bits per heavy atom. The van der Waals surface area contributed by atoms with Crippen molar-refractivity contribution in [2.45, 2.75) is 5.16 Å². The third kappa shape index (κ3) is 5.58. The third-order valence-corrected chi connectivity index (χ3v) is 5.62. The lowest BCUT2D eigenvalue weighted by Gasteiger charge is -2.12. The number of nitrogens with one attached hydrogen (secondary N) is 2. The first-order valence-electron chi connectivity index (χ1n) is 10.1. The number of rotatable bonds is 8. The molecule has 0 saturated carbocycles. The van der Waals surface area contributed by atoms with Crippen LogP contribution in [0.4, 0.5) is 11.4 Å². The maximum atomic E-state index is 12.8. The van der Waals surface area contributed by atoms with Crippen LogP contribution in [0.15, 0.2) is 90.3 Å². The summed E-state index contributed by atoms with van der Waals surface area (Å²) in [5.74, 6) is 0.223. The highest BCUT2D eigenvalue weighted by Crippen LogP contribution is 2.22.